The van der Waals surface area contributed by atoms with Crippen molar-refractivity contribution >= 4 is 80.9 Å². The van der Waals surface area contributed by atoms with Gasteiger partial charge in [-0.25, -0.2) is 0 Å². The average molecular weight is 870 g/mol. The minimum atomic E-state index is 0.359. The van der Waals surface area contributed by atoms with Gasteiger partial charge in [0.15, 0.2) is 0 Å². The quantitative estimate of drug-likeness (QED) is 0.0455. The third-order valence-electron chi connectivity index (χ3n) is 7.72. The van der Waals surface area contributed by atoms with Gasteiger partial charge in [-0.3, -0.25) is 0 Å². The molecular weight excluding hydrogens is 820 g/mol. The van der Waals surface area contributed by atoms with Crippen LogP contribution in [0.15, 0.2) is 91.0 Å². The second-order valence-electron chi connectivity index (χ2n) is 11.5. The zero-order valence-corrected chi connectivity index (χ0v) is 33.3. The highest BCUT2D eigenvalue weighted by Crippen LogP contribution is 2.33. The van der Waals surface area contributed by atoms with E-state index in [2.05, 4.69) is 145 Å². The number of aromatic nitrogens is 1. The maximum atomic E-state index is 6.12. The van der Waals surface area contributed by atoms with Gasteiger partial charge in [0.25, 0.3) is 0 Å². The van der Waals surface area contributed by atoms with Crippen LogP contribution in [-0.2, 0) is 0 Å². The van der Waals surface area contributed by atoms with Crippen LogP contribution in [0.1, 0.15) is 96.9 Å². The van der Waals surface area contributed by atoms with Crippen molar-refractivity contribution in [3.05, 3.63) is 85.8 Å². The van der Waals surface area contributed by atoms with E-state index >= 15 is 0 Å². The van der Waals surface area contributed by atoms with Crippen LogP contribution >= 0.6 is 80.9 Å². The SMILES string of the molecule is CC(C)n1cc(-c2ccc(SCCCCCCCC=CI)cc2)c(=S)c(-c2ccc(SCCCCCCCC=CI)cc2)c1. The predicted octanol–water partition coefficient (Wildman–Crippen LogP) is 14.9. The molecule has 0 aliphatic carbocycles. The van der Waals surface area contributed by atoms with Crippen LogP contribution in [0.4, 0.5) is 0 Å². The molecule has 2 aromatic carbocycles. The molecule has 3 aromatic rings. The molecule has 0 fully saturated rings. The van der Waals surface area contributed by atoms with Crippen molar-refractivity contribution in [1.82, 2.24) is 4.57 Å². The lowest BCUT2D eigenvalue weighted by molar-refractivity contribution is 0.598. The Morgan fingerprint density at radius 2 is 1.00 bits per heavy atom. The van der Waals surface area contributed by atoms with E-state index in [1.54, 1.807) is 0 Å². The predicted molar refractivity (Wildman–Crippen MR) is 220 cm³/mol. The van der Waals surface area contributed by atoms with Crippen LogP contribution < -0.4 is 0 Å². The summed E-state index contributed by atoms with van der Waals surface area (Å²) in [4.78, 5) is 2.69. The molecule has 1 nitrogen and oxygen atoms in total. The summed E-state index contributed by atoms with van der Waals surface area (Å²) in [6, 6.07) is 18.5. The summed E-state index contributed by atoms with van der Waals surface area (Å²) in [5.74, 6) is 2.38. The van der Waals surface area contributed by atoms with Crippen LogP contribution in [-0.4, -0.2) is 16.1 Å². The molecule has 6 heteroatoms. The molecule has 44 heavy (non-hydrogen) atoms. The van der Waals surface area contributed by atoms with E-state index < -0.39 is 0 Å². The first-order valence-corrected chi connectivity index (χ1v) is 21.1. The lowest BCUT2D eigenvalue weighted by Crippen LogP contribution is -2.03. The van der Waals surface area contributed by atoms with Crippen molar-refractivity contribution in [3.63, 3.8) is 0 Å². The van der Waals surface area contributed by atoms with Crippen molar-refractivity contribution in [1.29, 1.82) is 0 Å². The van der Waals surface area contributed by atoms with Crippen molar-refractivity contribution in [2.45, 2.75) is 107 Å². The number of unbranched alkanes of at least 4 members (excludes halogenated alkanes) is 10. The molecule has 1 heterocycles. The maximum Gasteiger partial charge on any atom is 0.0563 e. The number of benzene rings is 2. The van der Waals surface area contributed by atoms with Gasteiger partial charge in [-0.1, -0.05) is 132 Å². The molecule has 238 valence electrons. The van der Waals surface area contributed by atoms with E-state index in [9.17, 15) is 0 Å². The summed E-state index contributed by atoms with van der Waals surface area (Å²) < 4.78 is 7.50. The zero-order chi connectivity index (χ0) is 31.4. The van der Waals surface area contributed by atoms with E-state index in [0.29, 0.717) is 6.04 Å². The van der Waals surface area contributed by atoms with Gasteiger partial charge in [-0.15, -0.1) is 23.5 Å². The second-order valence-corrected chi connectivity index (χ2v) is 15.7. The fourth-order valence-corrected chi connectivity index (χ4v) is 7.95. The largest absolute Gasteiger partial charge is 0.350 e. The Morgan fingerprint density at radius 3 is 1.39 bits per heavy atom. The second kappa shape index (κ2) is 22.9. The molecule has 0 bridgehead atoms. The lowest BCUT2D eigenvalue weighted by Gasteiger charge is -2.17. The fraction of sp³-hybridized carbons (Fsp3) is 0.447. The first-order chi connectivity index (χ1) is 21.5. The number of pyridine rings is 1. The molecule has 0 unspecified atom stereocenters. The Labute approximate surface area is 308 Å². The minimum Gasteiger partial charge on any atom is -0.350 e. The van der Waals surface area contributed by atoms with E-state index in [0.717, 1.165) is 15.6 Å². The Kier molecular flexibility index (Phi) is 19.7. The zero-order valence-electron chi connectivity index (χ0n) is 26.5. The molecule has 0 aliphatic rings. The first-order valence-electron chi connectivity index (χ1n) is 16.3. The summed E-state index contributed by atoms with van der Waals surface area (Å²) in [6.07, 6.45) is 24.7. The van der Waals surface area contributed by atoms with Crippen LogP contribution in [0.3, 0.4) is 0 Å². The summed E-state index contributed by atoms with van der Waals surface area (Å²) in [7, 11) is 0. The summed E-state index contributed by atoms with van der Waals surface area (Å²) >= 11 is 14.7. The van der Waals surface area contributed by atoms with Crippen molar-refractivity contribution < 1.29 is 0 Å². The Morgan fingerprint density at radius 1 is 0.614 bits per heavy atom. The van der Waals surface area contributed by atoms with Gasteiger partial charge >= 0.3 is 0 Å². The number of hydrogen-bond acceptors (Lipinski definition) is 3. The first kappa shape index (κ1) is 37.9. The van der Waals surface area contributed by atoms with Crippen molar-refractivity contribution in [2.24, 2.45) is 0 Å². The molecule has 0 saturated carbocycles. The molecule has 0 atom stereocenters. The van der Waals surface area contributed by atoms with Gasteiger partial charge in [0.1, 0.15) is 0 Å². The van der Waals surface area contributed by atoms with E-state index in [4.69, 9.17) is 12.2 Å². The van der Waals surface area contributed by atoms with Gasteiger partial charge in [0.2, 0.25) is 0 Å². The van der Waals surface area contributed by atoms with Crippen LogP contribution in [0.25, 0.3) is 22.3 Å². The van der Waals surface area contributed by atoms with Gasteiger partial charge in [-0.2, -0.15) is 0 Å². The molecule has 0 radical (unpaired) electrons. The Hall–Kier alpha value is -0.550. The van der Waals surface area contributed by atoms with Gasteiger partial charge in [0.05, 0.1) is 4.51 Å². The fourth-order valence-electron chi connectivity index (χ4n) is 5.06. The number of halogens is 2. The average Bonchev–Trinajstić information content (AvgIpc) is 3.04. The van der Waals surface area contributed by atoms with E-state index in [1.807, 2.05) is 23.5 Å². The van der Waals surface area contributed by atoms with E-state index in [1.165, 1.54) is 109 Å². The molecule has 0 spiro atoms. The minimum absolute atomic E-state index is 0.359. The molecule has 3 rings (SSSR count). The van der Waals surface area contributed by atoms with Crippen molar-refractivity contribution in [3.8, 4) is 22.3 Å². The summed E-state index contributed by atoms with van der Waals surface area (Å²) in [5.41, 5.74) is 4.68. The Bertz CT molecular complexity index is 1230. The highest BCUT2D eigenvalue weighted by Gasteiger charge is 2.11. The highest BCUT2D eigenvalue weighted by molar-refractivity contribution is 14.1. The summed E-state index contributed by atoms with van der Waals surface area (Å²) in [5, 5.41) is 0. The molecular formula is C38H49I2NS3. The number of allylic oxidation sites excluding steroid dienone is 2. The number of rotatable bonds is 21. The molecule has 0 aliphatic heterocycles. The topological polar surface area (TPSA) is 4.93 Å². The van der Waals surface area contributed by atoms with Gasteiger partial charge in [0, 0.05) is 39.4 Å². The maximum absolute atomic E-state index is 6.12. The van der Waals surface area contributed by atoms with Gasteiger partial charge in [-0.05, 0) is 107 Å². The highest BCUT2D eigenvalue weighted by atomic mass is 127. The van der Waals surface area contributed by atoms with Crippen molar-refractivity contribution in [2.75, 3.05) is 11.5 Å². The summed E-state index contributed by atoms with van der Waals surface area (Å²) in [6.45, 7) is 4.47. The Balaban J connectivity index is 1.56. The monoisotopic (exact) mass is 869 g/mol. The molecule has 0 N–H and O–H groups in total. The van der Waals surface area contributed by atoms with Crippen LogP contribution in [0, 0.1) is 4.51 Å². The standard InChI is InChI=1S/C38H49I2NS3/c1-31(2)41-29-36(32-17-21-34(22-18-32)43-27-15-11-7-3-5-9-13-25-39)38(42)37(30-41)33-19-23-35(24-20-33)44-28-16-12-8-4-6-10-14-26-40/h13-14,17-26,29-31H,3-12,15-16,27-28H2,1-2H3. The number of thioether (sulfide) groups is 2. The van der Waals surface area contributed by atoms with Crippen LogP contribution in [0.5, 0.6) is 0 Å². The van der Waals surface area contributed by atoms with Gasteiger partial charge < -0.3 is 4.57 Å². The third-order valence-corrected chi connectivity index (χ3v) is 11.4. The molecule has 0 saturated heterocycles. The number of hydrogen-bond donors (Lipinski definition) is 0. The smallest absolute Gasteiger partial charge is 0.0563 e. The lowest BCUT2D eigenvalue weighted by atomic mass is 10.0. The van der Waals surface area contributed by atoms with E-state index in [-0.39, 0.29) is 0 Å². The van der Waals surface area contributed by atoms with Crippen LogP contribution in [0.2, 0.25) is 0 Å². The third kappa shape index (κ3) is 14.1. The number of nitrogens with zero attached hydrogens (tertiary/aromatic N) is 1. The molecule has 1 aromatic heterocycles. The molecule has 0 amide bonds. The normalized spacial score (nSPS) is 11.8.